The van der Waals surface area contributed by atoms with E-state index < -0.39 is 0 Å². The minimum Gasteiger partial charge on any atom is -0.348 e. The Hall–Kier alpha value is -3.19. The summed E-state index contributed by atoms with van der Waals surface area (Å²) >= 11 is 1.56. The number of nitrogens with zero attached hydrogens (tertiary/aromatic N) is 4. The number of thiazole rings is 1. The molecule has 0 aliphatic heterocycles. The molecule has 160 valence electrons. The molecule has 0 saturated heterocycles. The van der Waals surface area contributed by atoms with Crippen LogP contribution < -0.4 is 10.2 Å². The monoisotopic (exact) mass is 433 g/mol. The average molecular weight is 434 g/mol. The molecule has 1 amide bonds. The molecular formula is C24H27N5OS. The van der Waals surface area contributed by atoms with Gasteiger partial charge in [-0.2, -0.15) is 10.1 Å². The van der Waals surface area contributed by atoms with Crippen molar-refractivity contribution < 1.29 is 4.79 Å². The van der Waals surface area contributed by atoms with Crippen LogP contribution in [0.1, 0.15) is 35.3 Å². The van der Waals surface area contributed by atoms with Crippen LogP contribution in [0.3, 0.4) is 0 Å². The minimum absolute atomic E-state index is 0.0353. The van der Waals surface area contributed by atoms with Crippen LogP contribution in [0, 0.1) is 20.8 Å². The molecular weight excluding hydrogens is 406 g/mol. The molecule has 4 rings (SSSR count). The van der Waals surface area contributed by atoms with Gasteiger partial charge in [-0.05, 0) is 51.0 Å². The maximum Gasteiger partial charge on any atom is 0.240 e. The van der Waals surface area contributed by atoms with Gasteiger partial charge in [0.15, 0.2) is 10.8 Å². The summed E-state index contributed by atoms with van der Waals surface area (Å²) in [7, 11) is 1.90. The number of carbonyl (C=O) groups excluding carboxylic acids is 1. The van der Waals surface area contributed by atoms with Gasteiger partial charge in [-0.3, -0.25) is 4.79 Å². The Morgan fingerprint density at radius 2 is 1.87 bits per heavy atom. The number of fused-ring (bicyclic) bond motifs is 1. The normalized spacial score (nSPS) is 12.2. The van der Waals surface area contributed by atoms with Crippen molar-refractivity contribution >= 4 is 32.7 Å². The molecule has 0 spiro atoms. The lowest BCUT2D eigenvalue weighted by molar-refractivity contribution is -0.120. The smallest absolute Gasteiger partial charge is 0.240 e. The fourth-order valence-corrected chi connectivity index (χ4v) is 4.48. The van der Waals surface area contributed by atoms with Crippen LogP contribution in [-0.4, -0.2) is 34.3 Å². The molecule has 6 nitrogen and oxygen atoms in total. The first kappa shape index (κ1) is 21.1. The second-order valence-corrected chi connectivity index (χ2v) is 9.02. The Morgan fingerprint density at radius 1 is 1.13 bits per heavy atom. The Balaban J connectivity index is 1.50. The van der Waals surface area contributed by atoms with Crippen LogP contribution in [0.2, 0.25) is 0 Å². The largest absolute Gasteiger partial charge is 0.348 e. The van der Waals surface area contributed by atoms with Crippen LogP contribution in [0.25, 0.3) is 16.0 Å². The summed E-state index contributed by atoms with van der Waals surface area (Å²) in [6.45, 7) is 8.35. The molecule has 0 unspecified atom stereocenters. The molecule has 0 fully saturated rings. The first-order valence-corrected chi connectivity index (χ1v) is 11.1. The van der Waals surface area contributed by atoms with Crippen LogP contribution in [0.15, 0.2) is 48.5 Å². The third-order valence-electron chi connectivity index (χ3n) is 5.29. The van der Waals surface area contributed by atoms with Gasteiger partial charge in [-0.1, -0.05) is 53.3 Å². The molecule has 1 N–H and O–H groups in total. The van der Waals surface area contributed by atoms with E-state index in [-0.39, 0.29) is 18.5 Å². The molecule has 1 atom stereocenters. The van der Waals surface area contributed by atoms with Gasteiger partial charge in [0.2, 0.25) is 5.91 Å². The predicted molar refractivity (Wildman–Crippen MR) is 127 cm³/mol. The van der Waals surface area contributed by atoms with Crippen molar-refractivity contribution in [1.82, 2.24) is 20.1 Å². The number of benzene rings is 2. The van der Waals surface area contributed by atoms with Crippen molar-refractivity contribution in [3.63, 3.8) is 0 Å². The molecule has 4 aromatic rings. The van der Waals surface area contributed by atoms with Crippen LogP contribution >= 0.6 is 11.3 Å². The number of hydrogen-bond acceptors (Lipinski definition) is 5. The van der Waals surface area contributed by atoms with E-state index in [0.29, 0.717) is 0 Å². The minimum atomic E-state index is -0.0472. The molecule has 31 heavy (non-hydrogen) atoms. The lowest BCUT2D eigenvalue weighted by Gasteiger charge is -2.19. The molecule has 7 heteroatoms. The fourth-order valence-electron chi connectivity index (χ4n) is 3.53. The summed E-state index contributed by atoms with van der Waals surface area (Å²) in [6.07, 6.45) is 0. The standard InChI is InChI=1S/C24H27N5OS/c1-15-9-11-19(12-10-15)17(3)25-21(30)14-28(5)24-26-23-22(31-24)18(4)27-29(23)20-8-6-7-16(2)13-20/h6-13,17H,14H2,1-5H3,(H,25,30)/t17-/m1/s1. The van der Waals surface area contributed by atoms with Crippen molar-refractivity contribution in [2.75, 3.05) is 18.5 Å². The molecule has 0 bridgehead atoms. The van der Waals surface area contributed by atoms with Gasteiger partial charge >= 0.3 is 0 Å². The van der Waals surface area contributed by atoms with Gasteiger partial charge in [0.1, 0.15) is 0 Å². The molecule has 0 aliphatic carbocycles. The van der Waals surface area contributed by atoms with E-state index in [1.165, 1.54) is 11.1 Å². The maximum atomic E-state index is 12.6. The summed E-state index contributed by atoms with van der Waals surface area (Å²) in [5.74, 6) is -0.0353. The van der Waals surface area contributed by atoms with E-state index in [2.05, 4.69) is 60.7 Å². The van der Waals surface area contributed by atoms with Crippen LogP contribution in [-0.2, 0) is 4.79 Å². The van der Waals surface area contributed by atoms with Crippen LogP contribution in [0.5, 0.6) is 0 Å². The molecule has 2 aromatic heterocycles. The molecule has 0 radical (unpaired) electrons. The fraction of sp³-hybridized carbons (Fsp3) is 0.292. The van der Waals surface area contributed by atoms with Crippen molar-refractivity contribution in [2.24, 2.45) is 0 Å². The Labute approximate surface area is 186 Å². The molecule has 2 heterocycles. The van der Waals surface area contributed by atoms with Crippen LogP contribution in [0.4, 0.5) is 5.13 Å². The first-order valence-electron chi connectivity index (χ1n) is 10.3. The summed E-state index contributed by atoms with van der Waals surface area (Å²) < 4.78 is 2.92. The summed E-state index contributed by atoms with van der Waals surface area (Å²) in [6, 6.07) is 16.4. The summed E-state index contributed by atoms with van der Waals surface area (Å²) in [5.41, 5.74) is 6.22. The van der Waals surface area contributed by atoms with E-state index in [1.54, 1.807) is 11.3 Å². The van der Waals surface area contributed by atoms with E-state index in [9.17, 15) is 4.79 Å². The second-order valence-electron chi connectivity index (χ2n) is 8.04. The average Bonchev–Trinajstić information content (AvgIpc) is 3.29. The van der Waals surface area contributed by atoms with Crippen molar-refractivity contribution in [1.29, 1.82) is 0 Å². The zero-order valence-electron chi connectivity index (χ0n) is 18.5. The molecule has 0 saturated carbocycles. The van der Waals surface area contributed by atoms with Gasteiger partial charge in [-0.25, -0.2) is 4.68 Å². The van der Waals surface area contributed by atoms with Crippen molar-refractivity contribution in [2.45, 2.75) is 33.7 Å². The van der Waals surface area contributed by atoms with E-state index in [1.807, 2.05) is 42.6 Å². The third-order valence-corrected chi connectivity index (χ3v) is 6.55. The highest BCUT2D eigenvalue weighted by atomic mass is 32.1. The number of hydrogen-bond donors (Lipinski definition) is 1. The predicted octanol–water partition coefficient (Wildman–Crippen LogP) is 4.72. The van der Waals surface area contributed by atoms with Gasteiger partial charge in [-0.15, -0.1) is 0 Å². The SMILES string of the molecule is Cc1ccc([C@@H](C)NC(=O)CN(C)c2nc3c(s2)c(C)nn3-c2cccc(C)c2)cc1. The lowest BCUT2D eigenvalue weighted by Crippen LogP contribution is -2.36. The van der Waals surface area contributed by atoms with Gasteiger partial charge in [0.05, 0.1) is 28.7 Å². The quantitative estimate of drug-likeness (QED) is 0.478. The molecule has 0 aliphatic rings. The van der Waals surface area contributed by atoms with E-state index in [0.717, 1.165) is 32.4 Å². The number of amides is 1. The second kappa shape index (κ2) is 8.51. The maximum absolute atomic E-state index is 12.6. The topological polar surface area (TPSA) is 63.1 Å². The number of carbonyl (C=O) groups is 1. The van der Waals surface area contributed by atoms with Crippen molar-refractivity contribution in [3.8, 4) is 5.69 Å². The summed E-state index contributed by atoms with van der Waals surface area (Å²) in [5, 5.41) is 8.55. The summed E-state index contributed by atoms with van der Waals surface area (Å²) in [4.78, 5) is 19.3. The first-order chi connectivity index (χ1) is 14.8. The Morgan fingerprint density at radius 3 is 2.58 bits per heavy atom. The zero-order valence-corrected chi connectivity index (χ0v) is 19.3. The van der Waals surface area contributed by atoms with Crippen molar-refractivity contribution in [3.05, 3.63) is 70.9 Å². The lowest BCUT2D eigenvalue weighted by atomic mass is 10.1. The highest BCUT2D eigenvalue weighted by Crippen LogP contribution is 2.32. The number of anilines is 1. The van der Waals surface area contributed by atoms with E-state index in [4.69, 9.17) is 4.98 Å². The van der Waals surface area contributed by atoms with E-state index >= 15 is 0 Å². The van der Waals surface area contributed by atoms with Gasteiger partial charge < -0.3 is 10.2 Å². The number of rotatable bonds is 6. The highest BCUT2D eigenvalue weighted by Gasteiger charge is 2.19. The Kier molecular flexibility index (Phi) is 5.78. The number of aryl methyl sites for hydroxylation is 3. The van der Waals surface area contributed by atoms with Gasteiger partial charge in [0, 0.05) is 7.05 Å². The number of aromatic nitrogens is 3. The third kappa shape index (κ3) is 4.46. The highest BCUT2D eigenvalue weighted by molar-refractivity contribution is 7.22. The Bertz CT molecular complexity index is 1220. The molecule has 2 aromatic carbocycles. The zero-order chi connectivity index (χ0) is 22.1. The number of likely N-dealkylation sites (N-methyl/N-ethyl adjacent to an activating group) is 1. The van der Waals surface area contributed by atoms with Gasteiger partial charge in [0.25, 0.3) is 0 Å². The number of nitrogens with one attached hydrogen (secondary N) is 1.